The summed E-state index contributed by atoms with van der Waals surface area (Å²) in [6.07, 6.45) is 0. The van der Waals surface area contributed by atoms with Gasteiger partial charge in [0.1, 0.15) is 5.69 Å². The van der Waals surface area contributed by atoms with Crippen LogP contribution in [0.2, 0.25) is 0 Å². The topological polar surface area (TPSA) is 75.0 Å². The molecule has 0 fully saturated rings. The number of carbonyl (C=O) groups is 1. The van der Waals surface area contributed by atoms with E-state index in [-0.39, 0.29) is 5.91 Å². The smallest absolute Gasteiger partial charge is 0.270 e. The molecule has 20 heavy (non-hydrogen) atoms. The first kappa shape index (κ1) is 12.7. The van der Waals surface area contributed by atoms with Crippen LogP contribution in [0.1, 0.15) is 10.5 Å². The van der Waals surface area contributed by atoms with Gasteiger partial charge in [0.25, 0.3) is 5.91 Å². The van der Waals surface area contributed by atoms with Gasteiger partial charge in [-0.15, -0.1) is 11.3 Å². The Balaban J connectivity index is 2.31. The lowest BCUT2D eigenvalue weighted by Crippen LogP contribution is -2.22. The van der Waals surface area contributed by atoms with E-state index in [0.29, 0.717) is 10.8 Å². The summed E-state index contributed by atoms with van der Waals surface area (Å²) in [6.45, 7) is 0. The van der Waals surface area contributed by atoms with E-state index in [9.17, 15) is 4.79 Å². The van der Waals surface area contributed by atoms with E-state index in [2.05, 4.69) is 9.97 Å². The lowest BCUT2D eigenvalue weighted by Gasteiger charge is -2.10. The highest BCUT2D eigenvalue weighted by molar-refractivity contribution is 7.13. The molecule has 0 aliphatic carbocycles. The second-order valence-electron chi connectivity index (χ2n) is 4.69. The number of para-hydroxylation sites is 1. The standard InChI is InChI=1S/C14H14N4OS/c1-18(2)13(19)12-11(10-7-20-14(15)17-10)8-5-3-4-6-9(8)16-12/h3-7,16H,1-2H3,(H2,15,17). The third kappa shape index (κ3) is 1.94. The Bertz CT molecular complexity index is 787. The van der Waals surface area contributed by atoms with Gasteiger partial charge >= 0.3 is 0 Å². The summed E-state index contributed by atoms with van der Waals surface area (Å²) in [6, 6.07) is 7.80. The van der Waals surface area contributed by atoms with Crippen molar-refractivity contribution in [2.45, 2.75) is 0 Å². The number of H-pyrrole nitrogens is 1. The van der Waals surface area contributed by atoms with E-state index in [1.54, 1.807) is 19.0 Å². The molecule has 1 aromatic carbocycles. The summed E-state index contributed by atoms with van der Waals surface area (Å²) in [5, 5.41) is 3.34. The number of benzene rings is 1. The van der Waals surface area contributed by atoms with Crippen LogP contribution in [0.25, 0.3) is 22.2 Å². The molecular weight excluding hydrogens is 272 g/mol. The lowest BCUT2D eigenvalue weighted by atomic mass is 10.1. The Hall–Kier alpha value is -2.34. The molecule has 0 radical (unpaired) electrons. The Morgan fingerprint density at radius 1 is 1.35 bits per heavy atom. The molecule has 2 heterocycles. The molecule has 0 aliphatic heterocycles. The number of aromatic amines is 1. The van der Waals surface area contributed by atoms with Crippen molar-refractivity contribution in [2.24, 2.45) is 0 Å². The van der Waals surface area contributed by atoms with Gasteiger partial charge in [-0.1, -0.05) is 18.2 Å². The fraction of sp³-hybridized carbons (Fsp3) is 0.143. The molecule has 1 amide bonds. The van der Waals surface area contributed by atoms with Crippen molar-refractivity contribution in [2.75, 3.05) is 19.8 Å². The summed E-state index contributed by atoms with van der Waals surface area (Å²) in [4.78, 5) is 21.4. The van der Waals surface area contributed by atoms with Crippen molar-refractivity contribution in [3.05, 3.63) is 35.3 Å². The minimum Gasteiger partial charge on any atom is -0.375 e. The molecule has 102 valence electrons. The van der Waals surface area contributed by atoms with Gasteiger partial charge in [-0.05, 0) is 6.07 Å². The summed E-state index contributed by atoms with van der Waals surface area (Å²) in [5.74, 6) is -0.0808. The van der Waals surface area contributed by atoms with E-state index < -0.39 is 0 Å². The monoisotopic (exact) mass is 286 g/mol. The van der Waals surface area contributed by atoms with Gasteiger partial charge in [0.2, 0.25) is 0 Å². The SMILES string of the molecule is CN(C)C(=O)c1[nH]c2ccccc2c1-c1csc(N)n1. The zero-order chi connectivity index (χ0) is 14.3. The Morgan fingerprint density at radius 2 is 2.10 bits per heavy atom. The highest BCUT2D eigenvalue weighted by Crippen LogP contribution is 2.34. The molecule has 3 rings (SSSR count). The minimum atomic E-state index is -0.0808. The van der Waals surface area contributed by atoms with Crippen molar-refractivity contribution < 1.29 is 4.79 Å². The number of nitrogens with two attached hydrogens (primary N) is 1. The average molecular weight is 286 g/mol. The highest BCUT2D eigenvalue weighted by Gasteiger charge is 2.21. The quantitative estimate of drug-likeness (QED) is 0.760. The van der Waals surface area contributed by atoms with Crippen molar-refractivity contribution >= 4 is 33.3 Å². The molecule has 0 aliphatic rings. The number of carbonyl (C=O) groups excluding carboxylic acids is 1. The molecule has 0 atom stereocenters. The molecule has 0 saturated carbocycles. The first-order valence-corrected chi connectivity index (χ1v) is 6.99. The summed E-state index contributed by atoms with van der Waals surface area (Å²) < 4.78 is 0. The fourth-order valence-electron chi connectivity index (χ4n) is 2.19. The predicted octanol–water partition coefficient (Wildman–Crippen LogP) is 2.58. The normalized spacial score (nSPS) is 10.9. The van der Waals surface area contributed by atoms with E-state index in [1.165, 1.54) is 11.3 Å². The van der Waals surface area contributed by atoms with E-state index in [1.807, 2.05) is 29.6 Å². The highest BCUT2D eigenvalue weighted by atomic mass is 32.1. The molecule has 0 saturated heterocycles. The van der Waals surface area contributed by atoms with E-state index in [4.69, 9.17) is 5.73 Å². The number of nitrogen functional groups attached to an aromatic ring is 1. The summed E-state index contributed by atoms with van der Waals surface area (Å²) >= 11 is 1.37. The van der Waals surface area contributed by atoms with Crippen molar-refractivity contribution in [3.8, 4) is 11.3 Å². The van der Waals surface area contributed by atoms with Crippen LogP contribution >= 0.6 is 11.3 Å². The van der Waals surface area contributed by atoms with Crippen LogP contribution in [-0.4, -0.2) is 34.9 Å². The maximum absolute atomic E-state index is 12.4. The first-order chi connectivity index (χ1) is 9.58. The van der Waals surface area contributed by atoms with Crippen LogP contribution in [0, 0.1) is 0 Å². The number of fused-ring (bicyclic) bond motifs is 1. The molecule has 6 heteroatoms. The molecule has 3 aromatic rings. The fourth-order valence-corrected chi connectivity index (χ4v) is 2.75. The zero-order valence-corrected chi connectivity index (χ0v) is 12.0. The molecular formula is C14H14N4OS. The van der Waals surface area contributed by atoms with Crippen molar-refractivity contribution in [1.29, 1.82) is 0 Å². The number of nitrogens with one attached hydrogen (secondary N) is 1. The van der Waals surface area contributed by atoms with Crippen LogP contribution in [0.4, 0.5) is 5.13 Å². The molecule has 0 bridgehead atoms. The zero-order valence-electron chi connectivity index (χ0n) is 11.2. The number of nitrogens with zero attached hydrogens (tertiary/aromatic N) is 2. The Morgan fingerprint density at radius 3 is 2.75 bits per heavy atom. The number of amides is 1. The second kappa shape index (κ2) is 4.64. The first-order valence-electron chi connectivity index (χ1n) is 6.11. The van der Waals surface area contributed by atoms with Crippen LogP contribution in [-0.2, 0) is 0 Å². The van der Waals surface area contributed by atoms with Gasteiger partial charge in [0.15, 0.2) is 5.13 Å². The van der Waals surface area contributed by atoms with Crippen molar-refractivity contribution in [1.82, 2.24) is 14.9 Å². The molecule has 0 spiro atoms. The Labute approximate surface area is 120 Å². The average Bonchev–Trinajstić information content (AvgIpc) is 3.00. The van der Waals surface area contributed by atoms with Crippen molar-refractivity contribution in [3.63, 3.8) is 0 Å². The van der Waals surface area contributed by atoms with Crippen LogP contribution in [0.15, 0.2) is 29.6 Å². The third-order valence-corrected chi connectivity index (χ3v) is 3.78. The number of anilines is 1. The molecule has 0 unspecified atom stereocenters. The molecule has 3 N–H and O–H groups in total. The van der Waals surface area contributed by atoms with Gasteiger partial charge in [-0.2, -0.15) is 0 Å². The number of aromatic nitrogens is 2. The van der Waals surface area contributed by atoms with Gasteiger partial charge < -0.3 is 15.6 Å². The van der Waals surface area contributed by atoms with Gasteiger partial charge in [-0.3, -0.25) is 4.79 Å². The van der Waals surface area contributed by atoms with Crippen LogP contribution in [0.3, 0.4) is 0 Å². The van der Waals surface area contributed by atoms with Crippen LogP contribution < -0.4 is 5.73 Å². The van der Waals surface area contributed by atoms with Gasteiger partial charge in [0.05, 0.1) is 5.69 Å². The third-order valence-electron chi connectivity index (χ3n) is 3.10. The minimum absolute atomic E-state index is 0.0808. The second-order valence-corrected chi connectivity index (χ2v) is 5.58. The molecule has 2 aromatic heterocycles. The number of hydrogen-bond acceptors (Lipinski definition) is 4. The lowest BCUT2D eigenvalue weighted by molar-refractivity contribution is 0.0823. The number of hydrogen-bond donors (Lipinski definition) is 2. The number of thiazole rings is 1. The maximum atomic E-state index is 12.4. The predicted molar refractivity (Wildman–Crippen MR) is 81.8 cm³/mol. The van der Waals surface area contributed by atoms with Gasteiger partial charge in [0, 0.05) is 35.9 Å². The largest absolute Gasteiger partial charge is 0.375 e. The van der Waals surface area contributed by atoms with E-state index >= 15 is 0 Å². The summed E-state index contributed by atoms with van der Waals surface area (Å²) in [7, 11) is 3.46. The number of rotatable bonds is 2. The Kier molecular flexibility index (Phi) is 2.94. The molecule has 5 nitrogen and oxygen atoms in total. The maximum Gasteiger partial charge on any atom is 0.270 e. The van der Waals surface area contributed by atoms with Gasteiger partial charge in [-0.25, -0.2) is 4.98 Å². The van der Waals surface area contributed by atoms with E-state index in [0.717, 1.165) is 22.2 Å². The summed E-state index contributed by atoms with van der Waals surface area (Å²) in [5.41, 5.74) is 8.72. The van der Waals surface area contributed by atoms with Crippen LogP contribution in [0.5, 0.6) is 0 Å².